The summed E-state index contributed by atoms with van der Waals surface area (Å²) in [7, 11) is 0. The van der Waals surface area contributed by atoms with Crippen LogP contribution in [-0.2, 0) is 4.79 Å². The van der Waals surface area contributed by atoms with Crippen LogP contribution in [0, 0.1) is 11.8 Å². The van der Waals surface area contributed by atoms with Crippen molar-refractivity contribution < 1.29 is 4.79 Å². The van der Waals surface area contributed by atoms with E-state index in [0.29, 0.717) is 17.6 Å². The zero-order chi connectivity index (χ0) is 8.27. The van der Waals surface area contributed by atoms with Crippen LogP contribution in [0.4, 0.5) is 0 Å². The second-order valence-electron chi connectivity index (χ2n) is 3.42. The molecule has 1 aliphatic rings. The van der Waals surface area contributed by atoms with E-state index in [0.717, 1.165) is 12.8 Å². The highest BCUT2D eigenvalue weighted by Gasteiger charge is 2.27. The number of carbonyl (C=O) groups is 1. The largest absolute Gasteiger partial charge is 0.300 e. The lowest BCUT2D eigenvalue weighted by Gasteiger charge is -2.27. The molecule has 0 saturated heterocycles. The maximum atomic E-state index is 11.1. The van der Waals surface area contributed by atoms with Crippen LogP contribution in [0.15, 0.2) is 0 Å². The van der Waals surface area contributed by atoms with Crippen molar-refractivity contribution in [1.29, 1.82) is 0 Å². The zero-order valence-corrected chi connectivity index (χ0v) is 7.73. The summed E-state index contributed by atoms with van der Waals surface area (Å²) in [5, 5.41) is 0. The molecule has 1 nitrogen and oxygen atoms in total. The van der Waals surface area contributed by atoms with E-state index >= 15 is 0 Å². The summed E-state index contributed by atoms with van der Waals surface area (Å²) >= 11 is 5.77. The van der Waals surface area contributed by atoms with E-state index in [2.05, 4.69) is 0 Å². The predicted molar refractivity (Wildman–Crippen MR) is 46.8 cm³/mol. The lowest BCUT2D eigenvalue weighted by atomic mass is 9.78. The number of rotatable bonds is 2. The van der Waals surface area contributed by atoms with Crippen LogP contribution in [0.1, 0.15) is 32.6 Å². The van der Waals surface area contributed by atoms with E-state index < -0.39 is 0 Å². The van der Waals surface area contributed by atoms with Crippen LogP contribution >= 0.6 is 11.6 Å². The average Bonchev–Trinajstić information content (AvgIpc) is 2.04. The first-order chi connectivity index (χ1) is 5.25. The minimum atomic E-state index is 0.265. The number of Topliss-reactive ketones (excluding diaryl/α,β-unsaturated/α-hetero) is 1. The van der Waals surface area contributed by atoms with Crippen molar-refractivity contribution in [2.75, 3.05) is 5.88 Å². The predicted octanol–water partition coefficient (Wildman–Crippen LogP) is 2.62. The van der Waals surface area contributed by atoms with E-state index in [4.69, 9.17) is 11.6 Å². The molecule has 0 heterocycles. The van der Waals surface area contributed by atoms with Gasteiger partial charge in [0.25, 0.3) is 0 Å². The van der Waals surface area contributed by atoms with Crippen LogP contribution in [0.5, 0.6) is 0 Å². The third-order valence-electron chi connectivity index (χ3n) is 2.63. The van der Waals surface area contributed by atoms with Gasteiger partial charge in [-0.05, 0) is 25.7 Å². The molecule has 11 heavy (non-hydrogen) atoms. The van der Waals surface area contributed by atoms with Crippen molar-refractivity contribution in [3.05, 3.63) is 0 Å². The Kier molecular flexibility index (Phi) is 3.38. The van der Waals surface area contributed by atoms with E-state index in [1.807, 2.05) is 0 Å². The molecule has 1 fully saturated rings. The molecule has 0 aliphatic heterocycles. The van der Waals surface area contributed by atoms with E-state index in [-0.39, 0.29) is 5.92 Å². The lowest BCUT2D eigenvalue weighted by Crippen LogP contribution is -2.26. The summed E-state index contributed by atoms with van der Waals surface area (Å²) in [4.78, 5) is 11.1. The van der Waals surface area contributed by atoms with Gasteiger partial charge in [-0.3, -0.25) is 4.79 Å². The van der Waals surface area contributed by atoms with Crippen molar-refractivity contribution in [1.82, 2.24) is 0 Å². The number of alkyl halides is 1. The van der Waals surface area contributed by atoms with Gasteiger partial charge in [0.15, 0.2) is 0 Å². The number of carbonyl (C=O) groups excluding carboxylic acids is 1. The first-order valence-corrected chi connectivity index (χ1v) is 4.85. The molecule has 0 spiro atoms. The third-order valence-corrected chi connectivity index (χ3v) is 3.03. The molecule has 0 N–H and O–H groups in total. The van der Waals surface area contributed by atoms with Gasteiger partial charge in [0.1, 0.15) is 5.78 Å². The Labute approximate surface area is 73.1 Å². The third kappa shape index (κ3) is 2.19. The Hall–Kier alpha value is -0.0400. The van der Waals surface area contributed by atoms with Gasteiger partial charge in [0.05, 0.1) is 0 Å². The van der Waals surface area contributed by atoms with E-state index in [1.165, 1.54) is 12.8 Å². The van der Waals surface area contributed by atoms with Gasteiger partial charge >= 0.3 is 0 Å². The van der Waals surface area contributed by atoms with Crippen molar-refractivity contribution >= 4 is 17.4 Å². The van der Waals surface area contributed by atoms with Crippen LogP contribution in [0.3, 0.4) is 0 Å². The molecule has 0 amide bonds. The van der Waals surface area contributed by atoms with Crippen molar-refractivity contribution in [3.63, 3.8) is 0 Å². The fourth-order valence-electron chi connectivity index (χ4n) is 1.93. The minimum absolute atomic E-state index is 0.265. The quantitative estimate of drug-likeness (QED) is 0.589. The molecular formula is C9H15ClO. The Morgan fingerprint density at radius 3 is 2.55 bits per heavy atom. The monoisotopic (exact) mass is 174 g/mol. The maximum Gasteiger partial charge on any atom is 0.133 e. The molecule has 0 aromatic rings. The van der Waals surface area contributed by atoms with Crippen molar-refractivity contribution in [2.24, 2.45) is 11.8 Å². The average molecular weight is 175 g/mol. The number of hydrogen-bond donors (Lipinski definition) is 0. The highest BCUT2D eigenvalue weighted by molar-refractivity contribution is 6.18. The number of halogens is 1. The summed E-state index contributed by atoms with van der Waals surface area (Å²) in [6, 6.07) is 0. The van der Waals surface area contributed by atoms with Crippen LogP contribution < -0.4 is 0 Å². The summed E-state index contributed by atoms with van der Waals surface area (Å²) in [6.45, 7) is 1.69. The molecule has 0 radical (unpaired) electrons. The van der Waals surface area contributed by atoms with Crippen LogP contribution in [-0.4, -0.2) is 11.7 Å². The molecule has 0 aromatic carbocycles. The first kappa shape index (κ1) is 9.05. The second-order valence-corrected chi connectivity index (χ2v) is 3.72. The molecule has 1 aliphatic carbocycles. The van der Waals surface area contributed by atoms with Gasteiger partial charge in [-0.15, -0.1) is 11.6 Å². The SMILES string of the molecule is CC(=O)C1CCCCC1CCl. The van der Waals surface area contributed by atoms with Crippen molar-refractivity contribution in [3.8, 4) is 0 Å². The Balaban J connectivity index is 2.51. The topological polar surface area (TPSA) is 17.1 Å². The summed E-state index contributed by atoms with van der Waals surface area (Å²) < 4.78 is 0. The highest BCUT2D eigenvalue weighted by Crippen LogP contribution is 2.31. The fourth-order valence-corrected chi connectivity index (χ4v) is 2.30. The Bertz CT molecular complexity index is 144. The second kappa shape index (κ2) is 4.10. The highest BCUT2D eigenvalue weighted by atomic mass is 35.5. The number of ketones is 1. The number of hydrogen-bond acceptors (Lipinski definition) is 1. The molecule has 2 heteroatoms. The normalized spacial score (nSPS) is 31.8. The zero-order valence-electron chi connectivity index (χ0n) is 6.98. The summed E-state index contributed by atoms with van der Waals surface area (Å²) in [5.74, 6) is 1.71. The van der Waals surface area contributed by atoms with Gasteiger partial charge in [0.2, 0.25) is 0 Å². The smallest absolute Gasteiger partial charge is 0.133 e. The molecule has 2 atom stereocenters. The Morgan fingerprint density at radius 1 is 1.45 bits per heavy atom. The molecular weight excluding hydrogens is 160 g/mol. The molecule has 0 bridgehead atoms. The molecule has 1 rings (SSSR count). The molecule has 1 saturated carbocycles. The Morgan fingerprint density at radius 2 is 2.09 bits per heavy atom. The first-order valence-electron chi connectivity index (χ1n) is 4.32. The van der Waals surface area contributed by atoms with Gasteiger partial charge in [-0.1, -0.05) is 12.8 Å². The molecule has 2 unspecified atom stereocenters. The van der Waals surface area contributed by atoms with Gasteiger partial charge < -0.3 is 0 Å². The summed E-state index contributed by atoms with van der Waals surface area (Å²) in [6.07, 6.45) is 4.67. The summed E-state index contributed by atoms with van der Waals surface area (Å²) in [5.41, 5.74) is 0. The van der Waals surface area contributed by atoms with Crippen LogP contribution in [0.2, 0.25) is 0 Å². The van der Waals surface area contributed by atoms with Gasteiger partial charge in [0, 0.05) is 11.8 Å². The van der Waals surface area contributed by atoms with Crippen molar-refractivity contribution in [2.45, 2.75) is 32.6 Å². The molecule has 0 aromatic heterocycles. The van der Waals surface area contributed by atoms with Crippen LogP contribution in [0.25, 0.3) is 0 Å². The van der Waals surface area contributed by atoms with E-state index in [1.54, 1.807) is 6.92 Å². The van der Waals surface area contributed by atoms with Gasteiger partial charge in [-0.2, -0.15) is 0 Å². The minimum Gasteiger partial charge on any atom is -0.300 e. The maximum absolute atomic E-state index is 11.1. The van der Waals surface area contributed by atoms with Gasteiger partial charge in [-0.25, -0.2) is 0 Å². The van der Waals surface area contributed by atoms with E-state index in [9.17, 15) is 4.79 Å². The lowest BCUT2D eigenvalue weighted by molar-refractivity contribution is -0.123. The fraction of sp³-hybridized carbons (Fsp3) is 0.889. The molecule has 64 valence electrons. The standard InChI is InChI=1S/C9H15ClO/c1-7(11)9-5-3-2-4-8(9)6-10/h8-9H,2-6H2,1H3.